The number of aromatic nitrogens is 2. The molecule has 1 aromatic carbocycles. The maximum Gasteiger partial charge on any atom is 0.411 e. The van der Waals surface area contributed by atoms with Crippen LogP contribution in [0.15, 0.2) is 12.1 Å². The molecule has 0 aliphatic heterocycles. The number of hydrogen-bond acceptors (Lipinski definition) is 3. The Balaban J connectivity index is 2.14. The Labute approximate surface area is 116 Å². The fourth-order valence-electron chi connectivity index (χ4n) is 1.72. The Morgan fingerprint density at radius 3 is 2.70 bits per heavy atom. The van der Waals surface area contributed by atoms with E-state index in [9.17, 15) is 17.6 Å². The number of halogens is 5. The van der Waals surface area contributed by atoms with E-state index in [0.717, 1.165) is 6.07 Å². The predicted octanol–water partition coefficient (Wildman–Crippen LogP) is 2.99. The monoisotopic (exact) mass is 311 g/mol. The Morgan fingerprint density at radius 1 is 1.35 bits per heavy atom. The Hall–Kier alpha value is -1.54. The largest absolute Gasteiger partial charge is 0.411 e. The third-order valence-electron chi connectivity index (χ3n) is 2.54. The minimum absolute atomic E-state index is 0.0273. The molecule has 2 N–H and O–H groups in total. The summed E-state index contributed by atoms with van der Waals surface area (Å²) in [5.74, 6) is -0.603. The highest BCUT2D eigenvalue weighted by atomic mass is 35.5. The van der Waals surface area contributed by atoms with Crippen molar-refractivity contribution in [3.05, 3.63) is 23.0 Å². The molecule has 0 fully saturated rings. The minimum Gasteiger partial charge on any atom is -0.370 e. The van der Waals surface area contributed by atoms with Crippen molar-refractivity contribution in [1.82, 2.24) is 9.55 Å². The van der Waals surface area contributed by atoms with Gasteiger partial charge in [-0.05, 0) is 6.07 Å². The lowest BCUT2D eigenvalue weighted by Crippen LogP contribution is -2.19. The molecule has 0 unspecified atom stereocenters. The molecule has 2 aromatic rings. The number of nitrogens with two attached hydrogens (primary N) is 1. The summed E-state index contributed by atoms with van der Waals surface area (Å²) in [6.45, 7) is -1.54. The van der Waals surface area contributed by atoms with Crippen LogP contribution in [0.4, 0.5) is 23.5 Å². The summed E-state index contributed by atoms with van der Waals surface area (Å²) in [6, 6.07) is 2.43. The van der Waals surface area contributed by atoms with Crippen molar-refractivity contribution in [1.29, 1.82) is 0 Å². The number of imidazole rings is 1. The summed E-state index contributed by atoms with van der Waals surface area (Å²) in [5.41, 5.74) is 6.34. The van der Waals surface area contributed by atoms with Gasteiger partial charge < -0.3 is 15.0 Å². The number of alkyl halides is 3. The number of nitrogen functional groups attached to an aromatic ring is 1. The van der Waals surface area contributed by atoms with Crippen molar-refractivity contribution in [3.8, 4) is 0 Å². The number of hydrogen-bond donors (Lipinski definition) is 1. The van der Waals surface area contributed by atoms with Crippen LogP contribution in [-0.2, 0) is 11.3 Å². The van der Waals surface area contributed by atoms with Gasteiger partial charge in [0.1, 0.15) is 12.4 Å². The first-order chi connectivity index (χ1) is 9.28. The van der Waals surface area contributed by atoms with Gasteiger partial charge in [-0.3, -0.25) is 0 Å². The third-order valence-corrected chi connectivity index (χ3v) is 2.83. The minimum atomic E-state index is -4.39. The molecule has 0 bridgehead atoms. The molecule has 1 heterocycles. The van der Waals surface area contributed by atoms with Crippen LogP contribution in [0.25, 0.3) is 11.0 Å². The molecule has 0 spiro atoms. The average molecular weight is 312 g/mol. The van der Waals surface area contributed by atoms with Gasteiger partial charge in [-0.25, -0.2) is 9.37 Å². The van der Waals surface area contributed by atoms with E-state index in [0.29, 0.717) is 11.0 Å². The second-order valence-electron chi connectivity index (χ2n) is 4.04. The first kappa shape index (κ1) is 14.9. The van der Waals surface area contributed by atoms with Crippen molar-refractivity contribution in [2.24, 2.45) is 0 Å². The summed E-state index contributed by atoms with van der Waals surface area (Å²) < 4.78 is 55.0. The fourth-order valence-corrected chi connectivity index (χ4v) is 1.88. The van der Waals surface area contributed by atoms with Crippen LogP contribution in [0, 0.1) is 5.82 Å². The SMILES string of the molecule is Nc1nc2cc(Cl)c(F)cc2n1CCOCC(F)(F)F. The number of nitrogens with zero attached hydrogens (tertiary/aromatic N) is 2. The average Bonchev–Trinajstić information content (AvgIpc) is 2.60. The first-order valence-electron chi connectivity index (χ1n) is 5.53. The lowest BCUT2D eigenvalue weighted by Gasteiger charge is -2.09. The molecule has 4 nitrogen and oxygen atoms in total. The predicted molar refractivity (Wildman–Crippen MR) is 66.0 cm³/mol. The zero-order valence-corrected chi connectivity index (χ0v) is 10.8. The van der Waals surface area contributed by atoms with Crippen molar-refractivity contribution in [3.63, 3.8) is 0 Å². The van der Waals surface area contributed by atoms with Gasteiger partial charge in [0.15, 0.2) is 0 Å². The standard InChI is InChI=1S/C11H10ClF4N3O/c12-6-3-8-9(4-7(6)13)19(10(17)18-8)1-2-20-5-11(14,15)16/h3-4H,1-2,5H2,(H2,17,18). The molecule has 0 aliphatic carbocycles. The molecular formula is C11H10ClF4N3O. The summed E-state index contributed by atoms with van der Waals surface area (Å²) in [5, 5.41) is -0.101. The molecule has 9 heteroatoms. The topological polar surface area (TPSA) is 53.1 Å². The molecule has 0 saturated carbocycles. The van der Waals surface area contributed by atoms with Gasteiger partial charge in [0.05, 0.1) is 22.7 Å². The Bertz CT molecular complexity index is 626. The number of fused-ring (bicyclic) bond motifs is 1. The molecule has 2 rings (SSSR count). The van der Waals surface area contributed by atoms with Crippen LogP contribution in [0.1, 0.15) is 0 Å². The Morgan fingerprint density at radius 2 is 2.05 bits per heavy atom. The maximum atomic E-state index is 13.4. The van der Waals surface area contributed by atoms with Gasteiger partial charge in [-0.15, -0.1) is 0 Å². The van der Waals surface area contributed by atoms with Gasteiger partial charge in [0.2, 0.25) is 5.95 Å². The van der Waals surface area contributed by atoms with E-state index < -0.39 is 18.6 Å². The van der Waals surface area contributed by atoms with Crippen molar-refractivity contribution < 1.29 is 22.3 Å². The van der Waals surface area contributed by atoms with Crippen LogP contribution in [0.3, 0.4) is 0 Å². The van der Waals surface area contributed by atoms with Gasteiger partial charge in [-0.2, -0.15) is 13.2 Å². The second-order valence-corrected chi connectivity index (χ2v) is 4.45. The summed E-state index contributed by atoms with van der Waals surface area (Å²) in [4.78, 5) is 3.95. The molecule has 0 radical (unpaired) electrons. The highest BCUT2D eigenvalue weighted by Crippen LogP contribution is 2.24. The van der Waals surface area contributed by atoms with Gasteiger partial charge in [-0.1, -0.05) is 11.6 Å². The van der Waals surface area contributed by atoms with E-state index in [4.69, 9.17) is 17.3 Å². The summed E-state index contributed by atoms with van der Waals surface area (Å²) in [6.07, 6.45) is -4.39. The number of rotatable bonds is 4. The number of benzene rings is 1. The zero-order chi connectivity index (χ0) is 14.9. The van der Waals surface area contributed by atoms with Crippen LogP contribution in [-0.4, -0.2) is 28.9 Å². The molecule has 0 amide bonds. The number of anilines is 1. The normalized spacial score (nSPS) is 12.2. The highest BCUT2D eigenvalue weighted by Gasteiger charge is 2.27. The van der Waals surface area contributed by atoms with Crippen LogP contribution in [0.2, 0.25) is 5.02 Å². The van der Waals surface area contributed by atoms with E-state index in [-0.39, 0.29) is 24.1 Å². The molecular weight excluding hydrogens is 302 g/mol. The van der Waals surface area contributed by atoms with E-state index in [2.05, 4.69) is 9.72 Å². The van der Waals surface area contributed by atoms with E-state index >= 15 is 0 Å². The molecule has 0 atom stereocenters. The van der Waals surface area contributed by atoms with E-state index in [1.807, 2.05) is 0 Å². The second kappa shape index (κ2) is 5.45. The fraction of sp³-hybridized carbons (Fsp3) is 0.364. The van der Waals surface area contributed by atoms with Gasteiger partial charge >= 0.3 is 6.18 Å². The maximum absolute atomic E-state index is 13.4. The van der Waals surface area contributed by atoms with Crippen molar-refractivity contribution in [2.45, 2.75) is 12.7 Å². The summed E-state index contributed by atoms with van der Waals surface area (Å²) >= 11 is 5.61. The van der Waals surface area contributed by atoms with Crippen LogP contribution >= 0.6 is 11.6 Å². The lowest BCUT2D eigenvalue weighted by atomic mass is 10.3. The van der Waals surface area contributed by atoms with E-state index in [1.54, 1.807) is 0 Å². The smallest absolute Gasteiger partial charge is 0.370 e. The molecule has 20 heavy (non-hydrogen) atoms. The molecule has 0 aliphatic rings. The lowest BCUT2D eigenvalue weighted by molar-refractivity contribution is -0.174. The first-order valence-corrected chi connectivity index (χ1v) is 5.91. The molecule has 0 saturated heterocycles. The van der Waals surface area contributed by atoms with Gasteiger partial charge in [0, 0.05) is 12.6 Å². The van der Waals surface area contributed by atoms with Gasteiger partial charge in [0.25, 0.3) is 0 Å². The van der Waals surface area contributed by atoms with Crippen molar-refractivity contribution >= 4 is 28.6 Å². The molecule has 110 valence electrons. The highest BCUT2D eigenvalue weighted by molar-refractivity contribution is 6.31. The van der Waals surface area contributed by atoms with E-state index in [1.165, 1.54) is 10.6 Å². The molecule has 1 aromatic heterocycles. The quantitative estimate of drug-likeness (QED) is 0.697. The third kappa shape index (κ3) is 3.31. The van der Waals surface area contributed by atoms with Crippen LogP contribution < -0.4 is 5.73 Å². The van der Waals surface area contributed by atoms with Crippen molar-refractivity contribution in [2.75, 3.05) is 18.9 Å². The summed E-state index contributed by atoms with van der Waals surface area (Å²) in [7, 11) is 0. The number of ether oxygens (including phenoxy) is 1. The Kier molecular flexibility index (Phi) is 4.05. The zero-order valence-electron chi connectivity index (χ0n) is 10.0. The van der Waals surface area contributed by atoms with Crippen LogP contribution in [0.5, 0.6) is 0 Å².